The molecule has 0 saturated heterocycles. The second-order valence-electron chi connectivity index (χ2n) is 10.3. The van der Waals surface area contributed by atoms with Gasteiger partial charge in [0.1, 0.15) is 0 Å². The smallest absolute Gasteiger partial charge is 0.0948 e. The molecule has 5 nitrogen and oxygen atoms in total. The van der Waals surface area contributed by atoms with E-state index in [9.17, 15) is 0 Å². The molecule has 2 N–H and O–H groups in total. The molecule has 0 aliphatic rings. The van der Waals surface area contributed by atoms with E-state index in [1.807, 2.05) is 6.07 Å². The van der Waals surface area contributed by atoms with E-state index in [2.05, 4.69) is 130 Å². The molecule has 3 rings (SSSR count). The lowest BCUT2D eigenvalue weighted by atomic mass is 9.76. The van der Waals surface area contributed by atoms with Crippen molar-refractivity contribution in [3.63, 3.8) is 0 Å². The Hall–Kier alpha value is -2.58. The van der Waals surface area contributed by atoms with Gasteiger partial charge in [0.15, 0.2) is 0 Å². The number of benzene rings is 3. The van der Waals surface area contributed by atoms with Gasteiger partial charge in [0.2, 0.25) is 0 Å². The summed E-state index contributed by atoms with van der Waals surface area (Å²) in [7, 11) is 0.367. The third-order valence-corrected chi connectivity index (χ3v) is 8.08. The zero-order valence-corrected chi connectivity index (χ0v) is 25.4. The van der Waals surface area contributed by atoms with E-state index in [0.717, 1.165) is 6.54 Å². The Balaban J connectivity index is 0.000000798. The second-order valence-corrected chi connectivity index (χ2v) is 11.3. The van der Waals surface area contributed by atoms with Crippen LogP contribution in [0, 0.1) is 25.2 Å². The quantitative estimate of drug-likeness (QED) is 0.136. The topological polar surface area (TPSA) is 68.5 Å². The van der Waals surface area contributed by atoms with Crippen molar-refractivity contribution in [3.8, 4) is 6.07 Å². The second kappa shape index (κ2) is 17.2. The van der Waals surface area contributed by atoms with Gasteiger partial charge in [-0.15, -0.1) is 0 Å². The first-order valence-corrected chi connectivity index (χ1v) is 14.7. The van der Waals surface area contributed by atoms with Crippen LogP contribution in [0.15, 0.2) is 78.9 Å². The fourth-order valence-corrected chi connectivity index (χ4v) is 5.24. The van der Waals surface area contributed by atoms with E-state index >= 15 is 0 Å². The minimum absolute atomic E-state index is 0.133. The average Bonchev–Trinajstić information content (AvgIpc) is 2.93. The summed E-state index contributed by atoms with van der Waals surface area (Å²) in [4.78, 5) is 0. The van der Waals surface area contributed by atoms with E-state index in [1.54, 1.807) is 0 Å². The van der Waals surface area contributed by atoms with Crippen molar-refractivity contribution < 1.29 is 9.63 Å². The molecule has 1 unspecified atom stereocenters. The van der Waals surface area contributed by atoms with Gasteiger partial charge in [0.25, 0.3) is 0 Å². The summed E-state index contributed by atoms with van der Waals surface area (Å²) >= 11 is 0. The third kappa shape index (κ3) is 9.84. The normalized spacial score (nSPS) is 11.7. The number of aliphatic hydroxyl groups excluding tert-OH is 1. The van der Waals surface area contributed by atoms with Crippen molar-refractivity contribution in [2.75, 3.05) is 19.8 Å². The Morgan fingerprint density at radius 3 is 1.74 bits per heavy atom. The molecule has 0 amide bonds. The van der Waals surface area contributed by atoms with Crippen LogP contribution in [-0.4, -0.2) is 41.6 Å². The molecule has 210 valence electrons. The zero-order valence-electron chi connectivity index (χ0n) is 24.4. The maximum atomic E-state index is 8.05. The van der Waals surface area contributed by atoms with Crippen LogP contribution < -0.4 is 5.32 Å². The van der Waals surface area contributed by atoms with Crippen LogP contribution in [0.1, 0.15) is 68.4 Å². The molecule has 6 heteroatoms. The highest BCUT2D eigenvalue weighted by Crippen LogP contribution is 2.37. The standard InChI is InChI=1S/C29H39N2OP.C4H7NO/c1-22(2)31(23(3)4)33-32-21-20-30-29(26-10-8-7-9-11-26,27-16-12-24(5)13-17-27)28-18-14-25(6)15-19-28;5-3-1-2-4-6/h7-19,22-23,30,33H,20-21H2,1-6H3;6H,1-2,4H2. The van der Waals surface area contributed by atoms with Gasteiger partial charge in [-0.1, -0.05) is 90.0 Å². The first kappa shape index (κ1) is 32.6. The van der Waals surface area contributed by atoms with E-state index in [-0.39, 0.29) is 6.61 Å². The number of nitriles is 1. The van der Waals surface area contributed by atoms with Gasteiger partial charge < -0.3 is 9.63 Å². The SMILES string of the molecule is Cc1ccc(C(NCCOPN(C(C)C)C(C)C)(c2ccccc2)c2ccc(C)cc2)cc1.N#CCCCO. The van der Waals surface area contributed by atoms with Crippen molar-refractivity contribution in [1.29, 1.82) is 5.26 Å². The van der Waals surface area contributed by atoms with Crippen LogP contribution in [0.25, 0.3) is 0 Å². The largest absolute Gasteiger partial charge is 0.396 e. The molecule has 0 aliphatic heterocycles. The molecule has 3 aromatic carbocycles. The van der Waals surface area contributed by atoms with Crippen molar-refractivity contribution in [2.45, 2.75) is 72.0 Å². The van der Waals surface area contributed by atoms with Crippen LogP contribution in [0.3, 0.4) is 0 Å². The molecule has 39 heavy (non-hydrogen) atoms. The molecule has 0 spiro atoms. The fraction of sp³-hybridized carbons (Fsp3) is 0.424. The summed E-state index contributed by atoms with van der Waals surface area (Å²) in [6.07, 6.45) is 1.08. The van der Waals surface area contributed by atoms with Crippen molar-refractivity contribution in [1.82, 2.24) is 9.99 Å². The van der Waals surface area contributed by atoms with Gasteiger partial charge in [-0.05, 0) is 64.7 Å². The van der Waals surface area contributed by atoms with Crippen LogP contribution in [0.5, 0.6) is 0 Å². The van der Waals surface area contributed by atoms with Crippen molar-refractivity contribution in [2.24, 2.45) is 0 Å². The summed E-state index contributed by atoms with van der Waals surface area (Å²) in [6.45, 7) is 14.7. The van der Waals surface area contributed by atoms with Gasteiger partial charge in [0, 0.05) is 31.7 Å². The summed E-state index contributed by atoms with van der Waals surface area (Å²) in [6, 6.07) is 31.4. The number of nitrogens with zero attached hydrogens (tertiary/aromatic N) is 2. The first-order valence-electron chi connectivity index (χ1n) is 13.8. The number of aryl methyl sites for hydroxylation is 2. The fourth-order valence-electron chi connectivity index (χ4n) is 4.48. The number of rotatable bonds is 13. The van der Waals surface area contributed by atoms with Crippen molar-refractivity contribution in [3.05, 3.63) is 107 Å². The molecule has 0 aromatic heterocycles. The van der Waals surface area contributed by atoms with Gasteiger partial charge in [-0.2, -0.15) is 5.26 Å². The Labute approximate surface area is 238 Å². The van der Waals surface area contributed by atoms with Crippen molar-refractivity contribution >= 4 is 8.96 Å². The Kier molecular flexibility index (Phi) is 14.4. The Morgan fingerprint density at radius 2 is 1.33 bits per heavy atom. The lowest BCUT2D eigenvalue weighted by Crippen LogP contribution is -2.46. The number of aliphatic hydroxyl groups is 1. The summed E-state index contributed by atoms with van der Waals surface area (Å²) in [5.74, 6) is 0. The molecule has 1 atom stereocenters. The van der Waals surface area contributed by atoms with Gasteiger partial charge >= 0.3 is 0 Å². The average molecular weight is 548 g/mol. The zero-order chi connectivity index (χ0) is 28.7. The maximum Gasteiger partial charge on any atom is 0.0948 e. The van der Waals surface area contributed by atoms with Crippen LogP contribution in [-0.2, 0) is 10.1 Å². The Morgan fingerprint density at radius 1 is 0.846 bits per heavy atom. The molecule has 0 saturated carbocycles. The monoisotopic (exact) mass is 547 g/mol. The van der Waals surface area contributed by atoms with Crippen LogP contribution in [0.2, 0.25) is 0 Å². The minimum atomic E-state index is -0.453. The highest BCUT2D eigenvalue weighted by atomic mass is 31.1. The summed E-state index contributed by atoms with van der Waals surface area (Å²) in [5.41, 5.74) is 5.76. The molecule has 0 heterocycles. The van der Waals surface area contributed by atoms with Gasteiger partial charge in [0.05, 0.1) is 27.2 Å². The molecule has 0 fully saturated rings. The summed E-state index contributed by atoms with van der Waals surface area (Å²) in [5, 5.41) is 19.8. The molecule has 0 aliphatic carbocycles. The third-order valence-electron chi connectivity index (χ3n) is 6.50. The van der Waals surface area contributed by atoms with Crippen LogP contribution in [0.4, 0.5) is 0 Å². The predicted molar refractivity (Wildman–Crippen MR) is 165 cm³/mol. The lowest BCUT2D eigenvalue weighted by molar-refractivity contribution is 0.261. The van der Waals surface area contributed by atoms with Crippen LogP contribution >= 0.6 is 8.96 Å². The maximum absolute atomic E-state index is 8.05. The first-order chi connectivity index (χ1) is 18.8. The number of hydrogen-bond donors (Lipinski definition) is 2. The Bertz CT molecular complexity index is 1060. The van der Waals surface area contributed by atoms with E-state index in [1.165, 1.54) is 27.8 Å². The molecular formula is C33H46N3O2P. The molecular weight excluding hydrogens is 501 g/mol. The van der Waals surface area contributed by atoms with E-state index < -0.39 is 5.54 Å². The lowest BCUT2D eigenvalue weighted by Gasteiger charge is -2.37. The predicted octanol–water partition coefficient (Wildman–Crippen LogP) is 7.11. The highest BCUT2D eigenvalue weighted by molar-refractivity contribution is 7.29. The summed E-state index contributed by atoms with van der Waals surface area (Å²) < 4.78 is 8.54. The minimum Gasteiger partial charge on any atom is -0.396 e. The highest BCUT2D eigenvalue weighted by Gasteiger charge is 2.35. The van der Waals surface area contributed by atoms with E-state index in [0.29, 0.717) is 40.5 Å². The molecule has 0 bridgehead atoms. The molecule has 0 radical (unpaired) electrons. The van der Waals surface area contributed by atoms with E-state index in [4.69, 9.17) is 14.9 Å². The molecule has 3 aromatic rings. The number of nitrogens with one attached hydrogen (secondary N) is 1. The van der Waals surface area contributed by atoms with Gasteiger partial charge in [-0.25, -0.2) is 0 Å². The number of hydrogen-bond acceptors (Lipinski definition) is 5. The number of unbranched alkanes of at least 4 members (excludes halogenated alkanes) is 1. The van der Waals surface area contributed by atoms with Gasteiger partial charge in [-0.3, -0.25) is 9.99 Å².